The van der Waals surface area contributed by atoms with E-state index in [1.54, 1.807) is 34.6 Å². The Morgan fingerprint density at radius 1 is 1.08 bits per heavy atom. The van der Waals surface area contributed by atoms with Crippen LogP contribution in [0.4, 0.5) is 4.39 Å². The Labute approximate surface area is 216 Å². The number of hydrogen-bond acceptors (Lipinski definition) is 8. The number of hydrogen-bond donors (Lipinski definition) is 2. The number of ketones is 2. The highest BCUT2D eigenvalue weighted by Gasteiger charge is 2.80. The molecule has 9 heteroatoms. The normalized spacial score (nSPS) is 44.3. The van der Waals surface area contributed by atoms with Crippen LogP contribution in [0.15, 0.2) is 23.8 Å². The summed E-state index contributed by atoms with van der Waals surface area (Å²) in [7, 11) is 0. The molecule has 0 aromatic rings. The first-order valence-electron chi connectivity index (χ1n) is 13.2. The molecule has 4 aliphatic carbocycles. The van der Waals surface area contributed by atoms with Crippen molar-refractivity contribution in [2.75, 3.05) is 6.61 Å². The standard InChI is InChI=1S/C28H37FO8/c1-6-21(32)36-14-20(31)28(37-22(33)7-2)15(3)12-19-18-9-8-16-13-17(30)10-11-25(16,4)27(18,29)24(35)23(34)26(19,28)5/h10-11,13,15,18-19,23-24,34-35H,6-9,12,14H2,1-5H3/t15-,18?,19-,23+,24-,25-,26+,27-,28-/m0/s1. The highest BCUT2D eigenvalue weighted by Crippen LogP contribution is 2.71. The number of rotatable bonds is 6. The molecule has 0 saturated heterocycles. The van der Waals surface area contributed by atoms with Gasteiger partial charge in [-0.2, -0.15) is 0 Å². The molecule has 0 aromatic carbocycles. The summed E-state index contributed by atoms with van der Waals surface area (Å²) in [4.78, 5) is 50.4. The van der Waals surface area contributed by atoms with Gasteiger partial charge in [-0.05, 0) is 44.3 Å². The molecule has 0 bridgehead atoms. The number of aliphatic hydroxyl groups is 2. The summed E-state index contributed by atoms with van der Waals surface area (Å²) in [5.41, 5.74) is -6.60. The molecule has 0 heterocycles. The number of carbonyl (C=O) groups is 4. The van der Waals surface area contributed by atoms with Crippen LogP contribution in [0.5, 0.6) is 0 Å². The summed E-state index contributed by atoms with van der Waals surface area (Å²) in [5.74, 6) is -4.34. The van der Waals surface area contributed by atoms with Crippen molar-refractivity contribution in [1.29, 1.82) is 0 Å². The largest absolute Gasteiger partial charge is 0.457 e. The molecule has 4 aliphatic rings. The monoisotopic (exact) mass is 520 g/mol. The van der Waals surface area contributed by atoms with Gasteiger partial charge < -0.3 is 19.7 Å². The zero-order chi connectivity index (χ0) is 27.6. The third kappa shape index (κ3) is 3.45. The van der Waals surface area contributed by atoms with Gasteiger partial charge in [0, 0.05) is 35.5 Å². The average molecular weight is 521 g/mol. The van der Waals surface area contributed by atoms with Crippen molar-refractivity contribution in [2.45, 2.75) is 90.2 Å². The molecule has 9 atom stereocenters. The van der Waals surface area contributed by atoms with Gasteiger partial charge in [0.15, 0.2) is 23.7 Å². The molecule has 0 aliphatic heterocycles. The van der Waals surface area contributed by atoms with E-state index in [0.717, 1.165) is 0 Å². The molecule has 0 amide bonds. The number of carbonyl (C=O) groups excluding carboxylic acids is 4. The maximum Gasteiger partial charge on any atom is 0.306 e. The van der Waals surface area contributed by atoms with Gasteiger partial charge in [-0.25, -0.2) is 4.39 Å². The highest BCUT2D eigenvalue weighted by atomic mass is 19.1. The van der Waals surface area contributed by atoms with E-state index < -0.39 is 76.4 Å². The fraction of sp³-hybridized carbons (Fsp3) is 0.714. The minimum atomic E-state index is -2.33. The van der Waals surface area contributed by atoms with Crippen LogP contribution < -0.4 is 0 Å². The van der Waals surface area contributed by atoms with E-state index in [4.69, 9.17) is 9.47 Å². The van der Waals surface area contributed by atoms with E-state index in [-0.39, 0.29) is 31.5 Å². The van der Waals surface area contributed by atoms with Gasteiger partial charge in [0.05, 0.1) is 6.10 Å². The zero-order valence-corrected chi connectivity index (χ0v) is 22.1. The summed E-state index contributed by atoms with van der Waals surface area (Å²) in [6.45, 7) is 7.40. The predicted octanol–water partition coefficient (Wildman–Crippen LogP) is 2.79. The third-order valence-corrected chi connectivity index (χ3v) is 9.96. The molecule has 3 fully saturated rings. The van der Waals surface area contributed by atoms with Crippen LogP contribution in [0.2, 0.25) is 0 Å². The summed E-state index contributed by atoms with van der Waals surface area (Å²) < 4.78 is 28.5. The number of alkyl halides is 1. The van der Waals surface area contributed by atoms with Gasteiger partial charge in [0.1, 0.15) is 6.10 Å². The minimum absolute atomic E-state index is 0.0442. The van der Waals surface area contributed by atoms with Crippen molar-refractivity contribution in [3.05, 3.63) is 23.8 Å². The van der Waals surface area contributed by atoms with E-state index >= 15 is 4.39 Å². The van der Waals surface area contributed by atoms with Crippen molar-refractivity contribution < 1.29 is 43.3 Å². The van der Waals surface area contributed by atoms with Crippen LogP contribution in [0.1, 0.15) is 66.7 Å². The Kier molecular flexibility index (Phi) is 6.81. The molecule has 2 N–H and O–H groups in total. The number of aliphatic hydroxyl groups excluding tert-OH is 2. The Morgan fingerprint density at radius 3 is 2.35 bits per heavy atom. The number of Topliss-reactive ketones (excluding diaryl/α,β-unsaturated/α-hetero) is 1. The summed E-state index contributed by atoms with van der Waals surface area (Å²) in [5, 5.41) is 23.3. The molecule has 37 heavy (non-hydrogen) atoms. The highest BCUT2D eigenvalue weighted by molar-refractivity contribution is 6.01. The fourth-order valence-corrected chi connectivity index (χ4v) is 7.98. The Balaban J connectivity index is 1.86. The van der Waals surface area contributed by atoms with Gasteiger partial charge in [-0.3, -0.25) is 19.2 Å². The third-order valence-electron chi connectivity index (χ3n) is 9.96. The first-order chi connectivity index (χ1) is 17.2. The first kappa shape index (κ1) is 27.6. The zero-order valence-electron chi connectivity index (χ0n) is 22.1. The lowest BCUT2D eigenvalue weighted by molar-refractivity contribution is -0.272. The summed E-state index contributed by atoms with van der Waals surface area (Å²) in [6, 6.07) is 0. The number of ether oxygens (including phenoxy) is 2. The van der Waals surface area contributed by atoms with Crippen molar-refractivity contribution in [3.8, 4) is 0 Å². The Hall–Kier alpha value is -2.39. The Bertz CT molecular complexity index is 1080. The quantitative estimate of drug-likeness (QED) is 0.512. The number of esters is 2. The molecule has 204 valence electrons. The van der Waals surface area contributed by atoms with Gasteiger partial charge >= 0.3 is 11.9 Å². The molecule has 0 radical (unpaired) electrons. The number of allylic oxidation sites excluding steroid dienone is 4. The maximum absolute atomic E-state index is 17.4. The summed E-state index contributed by atoms with van der Waals surface area (Å²) in [6.07, 6.45) is 1.38. The smallest absolute Gasteiger partial charge is 0.306 e. The molecule has 3 saturated carbocycles. The maximum atomic E-state index is 17.4. The van der Waals surface area contributed by atoms with Crippen LogP contribution in [0, 0.1) is 28.6 Å². The van der Waals surface area contributed by atoms with Crippen LogP contribution in [0.25, 0.3) is 0 Å². The second-order valence-electron chi connectivity index (χ2n) is 11.4. The lowest BCUT2D eigenvalue weighted by atomic mass is 9.43. The van der Waals surface area contributed by atoms with Gasteiger partial charge in [0.2, 0.25) is 5.78 Å². The van der Waals surface area contributed by atoms with E-state index in [0.29, 0.717) is 12.0 Å². The van der Waals surface area contributed by atoms with E-state index in [1.165, 1.54) is 18.2 Å². The van der Waals surface area contributed by atoms with Crippen molar-refractivity contribution >= 4 is 23.5 Å². The van der Waals surface area contributed by atoms with E-state index in [9.17, 15) is 29.4 Å². The average Bonchev–Trinajstić information content (AvgIpc) is 3.10. The van der Waals surface area contributed by atoms with E-state index in [1.807, 2.05) is 0 Å². The topological polar surface area (TPSA) is 127 Å². The summed E-state index contributed by atoms with van der Waals surface area (Å²) >= 11 is 0. The second kappa shape index (κ2) is 9.12. The van der Waals surface area contributed by atoms with Crippen LogP contribution in [0.3, 0.4) is 0 Å². The van der Waals surface area contributed by atoms with Crippen molar-refractivity contribution in [3.63, 3.8) is 0 Å². The fourth-order valence-electron chi connectivity index (χ4n) is 7.98. The van der Waals surface area contributed by atoms with Crippen LogP contribution in [-0.2, 0) is 28.7 Å². The lowest BCUT2D eigenvalue weighted by Crippen LogP contribution is -2.75. The second-order valence-corrected chi connectivity index (χ2v) is 11.4. The SMILES string of the molecule is CCC(=O)OCC(=O)[C@@]1(OC(=O)CC)[C@@H](C)C[C@H]2C3CCC4=CC(=O)C=C[C@]4(C)[C@@]3(F)[C@@H](O)[C@@H](O)[C@@]21C. The number of fused-ring (bicyclic) bond motifs is 5. The van der Waals surface area contributed by atoms with Crippen molar-refractivity contribution in [1.82, 2.24) is 0 Å². The van der Waals surface area contributed by atoms with Gasteiger partial charge in [0.25, 0.3) is 0 Å². The molecule has 8 nitrogen and oxygen atoms in total. The van der Waals surface area contributed by atoms with Crippen LogP contribution in [-0.4, -0.2) is 63.8 Å². The van der Waals surface area contributed by atoms with Crippen LogP contribution >= 0.6 is 0 Å². The molecular weight excluding hydrogens is 483 g/mol. The van der Waals surface area contributed by atoms with E-state index in [2.05, 4.69) is 0 Å². The molecule has 4 rings (SSSR count). The number of halogens is 1. The lowest BCUT2D eigenvalue weighted by Gasteiger charge is -2.64. The molecule has 0 aromatic heterocycles. The minimum Gasteiger partial charge on any atom is -0.457 e. The Morgan fingerprint density at radius 2 is 1.73 bits per heavy atom. The molecular formula is C28H37FO8. The molecule has 0 spiro atoms. The molecule has 1 unspecified atom stereocenters. The van der Waals surface area contributed by atoms with Crippen molar-refractivity contribution in [2.24, 2.45) is 28.6 Å². The first-order valence-corrected chi connectivity index (χ1v) is 13.2. The van der Waals surface area contributed by atoms with Gasteiger partial charge in [-0.1, -0.05) is 39.3 Å². The van der Waals surface area contributed by atoms with Gasteiger partial charge in [-0.15, -0.1) is 0 Å². The predicted molar refractivity (Wildman–Crippen MR) is 130 cm³/mol.